The lowest BCUT2D eigenvalue weighted by molar-refractivity contribution is -0.180. The van der Waals surface area contributed by atoms with E-state index in [0.717, 1.165) is 17.5 Å². The van der Waals surface area contributed by atoms with Gasteiger partial charge in [0, 0.05) is 31.1 Å². The SMILES string of the molecule is CNC(=O)c1cc(C(=O)NCCC2OCCCO2)cc2c1OC[C@@]2(C)c1ccccc1. The summed E-state index contributed by atoms with van der Waals surface area (Å²) in [5, 5.41) is 5.56. The molecule has 2 aliphatic heterocycles. The first-order chi connectivity index (χ1) is 15.0. The third-order valence-electron chi connectivity index (χ3n) is 5.90. The van der Waals surface area contributed by atoms with Crippen molar-refractivity contribution in [3.05, 3.63) is 64.7 Å². The first kappa shape index (κ1) is 21.3. The highest BCUT2D eigenvalue weighted by Gasteiger charge is 2.40. The van der Waals surface area contributed by atoms with Crippen LogP contribution in [0.2, 0.25) is 0 Å². The molecular formula is C24H28N2O5. The second-order valence-electron chi connectivity index (χ2n) is 8.04. The summed E-state index contributed by atoms with van der Waals surface area (Å²) in [6.07, 6.45) is 1.18. The standard InChI is InChI=1S/C24H28N2O5/c1-24(17-7-4-3-5-8-17)15-31-21-18(23(28)25-2)13-16(14-19(21)24)22(27)26-10-9-20-29-11-6-12-30-20/h3-5,7-8,13-14,20H,6,9-12,15H2,1-2H3,(H,25,28)(H,26,27)/t24-/m0/s1. The van der Waals surface area contributed by atoms with Crippen LogP contribution in [0.3, 0.4) is 0 Å². The number of carbonyl (C=O) groups is 2. The molecule has 2 heterocycles. The van der Waals surface area contributed by atoms with Crippen molar-refractivity contribution in [3.63, 3.8) is 0 Å². The Labute approximate surface area is 182 Å². The van der Waals surface area contributed by atoms with Crippen LogP contribution in [-0.4, -0.2) is 51.5 Å². The fourth-order valence-electron chi connectivity index (χ4n) is 4.08. The van der Waals surface area contributed by atoms with Crippen LogP contribution in [0.25, 0.3) is 0 Å². The van der Waals surface area contributed by atoms with Gasteiger partial charge in [-0.3, -0.25) is 9.59 Å². The molecule has 1 atom stereocenters. The van der Waals surface area contributed by atoms with Crippen molar-refractivity contribution in [2.24, 2.45) is 0 Å². The molecule has 2 N–H and O–H groups in total. The summed E-state index contributed by atoms with van der Waals surface area (Å²) in [5.41, 5.74) is 2.24. The van der Waals surface area contributed by atoms with Crippen molar-refractivity contribution in [1.29, 1.82) is 0 Å². The van der Waals surface area contributed by atoms with Crippen molar-refractivity contribution < 1.29 is 23.8 Å². The van der Waals surface area contributed by atoms with Gasteiger partial charge in [0.15, 0.2) is 6.29 Å². The van der Waals surface area contributed by atoms with E-state index in [1.54, 1.807) is 13.1 Å². The lowest BCUT2D eigenvalue weighted by Crippen LogP contribution is -2.32. The Bertz CT molecular complexity index is 956. The van der Waals surface area contributed by atoms with Crippen molar-refractivity contribution in [1.82, 2.24) is 10.6 Å². The van der Waals surface area contributed by atoms with Gasteiger partial charge >= 0.3 is 0 Å². The van der Waals surface area contributed by atoms with Gasteiger partial charge in [-0.1, -0.05) is 30.3 Å². The summed E-state index contributed by atoms with van der Waals surface area (Å²) < 4.78 is 17.0. The third kappa shape index (κ3) is 4.29. The second kappa shape index (κ2) is 9.08. The molecule has 4 rings (SSSR count). The van der Waals surface area contributed by atoms with Crippen LogP contribution < -0.4 is 15.4 Å². The normalized spacial score (nSPS) is 20.6. The lowest BCUT2D eigenvalue weighted by atomic mass is 9.77. The van der Waals surface area contributed by atoms with E-state index in [1.165, 1.54) is 0 Å². The van der Waals surface area contributed by atoms with Gasteiger partial charge in [0.25, 0.3) is 11.8 Å². The molecule has 0 aromatic heterocycles. The minimum absolute atomic E-state index is 0.244. The van der Waals surface area contributed by atoms with E-state index in [-0.39, 0.29) is 18.1 Å². The number of rotatable bonds is 6. The molecule has 0 spiro atoms. The number of ether oxygens (including phenoxy) is 3. The van der Waals surface area contributed by atoms with E-state index in [4.69, 9.17) is 14.2 Å². The molecule has 31 heavy (non-hydrogen) atoms. The third-order valence-corrected chi connectivity index (χ3v) is 5.90. The second-order valence-corrected chi connectivity index (χ2v) is 8.04. The summed E-state index contributed by atoms with van der Waals surface area (Å²) in [6, 6.07) is 13.4. The number of fused-ring (bicyclic) bond motifs is 1. The van der Waals surface area contributed by atoms with Crippen LogP contribution in [0.5, 0.6) is 5.75 Å². The molecule has 7 nitrogen and oxygen atoms in total. The molecule has 0 radical (unpaired) electrons. The highest BCUT2D eigenvalue weighted by molar-refractivity contribution is 6.02. The van der Waals surface area contributed by atoms with Crippen molar-refractivity contribution in [2.45, 2.75) is 31.5 Å². The van der Waals surface area contributed by atoms with Gasteiger partial charge in [0.2, 0.25) is 0 Å². The quantitative estimate of drug-likeness (QED) is 0.745. The predicted octanol–water partition coefficient (Wildman–Crippen LogP) is 2.63. The van der Waals surface area contributed by atoms with E-state index in [9.17, 15) is 9.59 Å². The van der Waals surface area contributed by atoms with Crippen LogP contribution in [0.4, 0.5) is 0 Å². The molecule has 2 aliphatic rings. The van der Waals surface area contributed by atoms with Gasteiger partial charge in [-0.05, 0) is 31.0 Å². The monoisotopic (exact) mass is 424 g/mol. The summed E-state index contributed by atoms with van der Waals surface area (Å²) in [6.45, 7) is 4.25. The van der Waals surface area contributed by atoms with Crippen LogP contribution >= 0.6 is 0 Å². The molecule has 0 unspecified atom stereocenters. The Kier molecular flexibility index (Phi) is 6.25. The molecular weight excluding hydrogens is 396 g/mol. The zero-order chi connectivity index (χ0) is 21.8. The molecule has 1 fully saturated rings. The number of carbonyl (C=O) groups excluding carboxylic acids is 2. The first-order valence-corrected chi connectivity index (χ1v) is 10.6. The maximum Gasteiger partial charge on any atom is 0.254 e. The van der Waals surface area contributed by atoms with Gasteiger partial charge < -0.3 is 24.8 Å². The van der Waals surface area contributed by atoms with Crippen LogP contribution in [0, 0.1) is 0 Å². The van der Waals surface area contributed by atoms with E-state index < -0.39 is 5.41 Å². The summed E-state index contributed by atoms with van der Waals surface area (Å²) in [7, 11) is 1.57. The number of amides is 2. The van der Waals surface area contributed by atoms with Crippen molar-refractivity contribution >= 4 is 11.8 Å². The zero-order valence-corrected chi connectivity index (χ0v) is 17.9. The largest absolute Gasteiger partial charge is 0.491 e. The Morgan fingerprint density at radius 1 is 1.10 bits per heavy atom. The fourth-order valence-corrected chi connectivity index (χ4v) is 4.08. The maximum absolute atomic E-state index is 12.9. The Morgan fingerprint density at radius 2 is 1.84 bits per heavy atom. The topological polar surface area (TPSA) is 85.9 Å². The molecule has 2 aromatic carbocycles. The lowest BCUT2D eigenvalue weighted by Gasteiger charge is -2.24. The molecule has 0 saturated carbocycles. The van der Waals surface area contributed by atoms with E-state index in [0.29, 0.717) is 49.7 Å². The maximum atomic E-state index is 12.9. The molecule has 7 heteroatoms. The highest BCUT2D eigenvalue weighted by atomic mass is 16.7. The average Bonchev–Trinajstić information content (AvgIpc) is 3.17. The van der Waals surface area contributed by atoms with Crippen molar-refractivity contribution in [3.8, 4) is 5.75 Å². The molecule has 0 aliphatic carbocycles. The van der Waals surface area contributed by atoms with E-state index >= 15 is 0 Å². The number of nitrogens with one attached hydrogen (secondary N) is 2. The Hall–Kier alpha value is -2.90. The Morgan fingerprint density at radius 3 is 2.55 bits per heavy atom. The minimum Gasteiger partial charge on any atom is -0.491 e. The van der Waals surface area contributed by atoms with Gasteiger partial charge in [-0.2, -0.15) is 0 Å². The summed E-state index contributed by atoms with van der Waals surface area (Å²) >= 11 is 0. The summed E-state index contributed by atoms with van der Waals surface area (Å²) in [4.78, 5) is 25.5. The van der Waals surface area contributed by atoms with E-state index in [1.807, 2.05) is 36.4 Å². The fraction of sp³-hybridized carbons (Fsp3) is 0.417. The predicted molar refractivity (Wildman–Crippen MR) is 115 cm³/mol. The van der Waals surface area contributed by atoms with Gasteiger partial charge in [0.05, 0.1) is 24.2 Å². The minimum atomic E-state index is -0.459. The van der Waals surface area contributed by atoms with Crippen molar-refractivity contribution in [2.75, 3.05) is 33.4 Å². The molecule has 2 aromatic rings. The number of hydrogen-bond donors (Lipinski definition) is 2. The smallest absolute Gasteiger partial charge is 0.254 e. The molecule has 2 amide bonds. The number of benzene rings is 2. The number of hydrogen-bond acceptors (Lipinski definition) is 5. The van der Waals surface area contributed by atoms with Crippen LogP contribution in [0.15, 0.2) is 42.5 Å². The molecule has 164 valence electrons. The molecule has 0 bridgehead atoms. The van der Waals surface area contributed by atoms with Crippen LogP contribution in [0.1, 0.15) is 51.6 Å². The van der Waals surface area contributed by atoms with Gasteiger partial charge in [-0.15, -0.1) is 0 Å². The Balaban J connectivity index is 1.61. The highest BCUT2D eigenvalue weighted by Crippen LogP contribution is 2.45. The van der Waals surface area contributed by atoms with E-state index in [2.05, 4.69) is 17.6 Å². The zero-order valence-electron chi connectivity index (χ0n) is 17.9. The first-order valence-electron chi connectivity index (χ1n) is 10.6. The molecule has 1 saturated heterocycles. The average molecular weight is 424 g/mol. The van der Waals surface area contributed by atoms with Gasteiger partial charge in [0.1, 0.15) is 12.4 Å². The summed E-state index contributed by atoms with van der Waals surface area (Å²) in [5.74, 6) is 0.00421. The van der Waals surface area contributed by atoms with Gasteiger partial charge in [-0.25, -0.2) is 0 Å². The van der Waals surface area contributed by atoms with Crippen LogP contribution in [-0.2, 0) is 14.9 Å².